The van der Waals surface area contributed by atoms with Crippen LogP contribution in [0.15, 0.2) is 6.07 Å². The van der Waals surface area contributed by atoms with Crippen LogP contribution >= 0.6 is 0 Å². The fourth-order valence-electron chi connectivity index (χ4n) is 3.92. The third-order valence-electron chi connectivity index (χ3n) is 5.33. The van der Waals surface area contributed by atoms with E-state index in [0.29, 0.717) is 38.2 Å². The highest BCUT2D eigenvalue weighted by atomic mass is 19.3. The van der Waals surface area contributed by atoms with Crippen LogP contribution in [-0.4, -0.2) is 76.8 Å². The van der Waals surface area contributed by atoms with Crippen LogP contribution < -0.4 is 0 Å². The third-order valence-corrected chi connectivity index (χ3v) is 5.33. The molecule has 3 heterocycles. The SMILES string of the molecule is COC[C@@H]1CC(F)(F)CN1C1CCN(C(=O)c2cc(C)n(C)n2)CC1. The topological polar surface area (TPSA) is 50.6 Å². The summed E-state index contributed by atoms with van der Waals surface area (Å²) in [6, 6.07) is 1.61. The molecule has 8 heteroatoms. The van der Waals surface area contributed by atoms with Crippen molar-refractivity contribution in [2.24, 2.45) is 7.05 Å². The average molecular weight is 356 g/mol. The van der Waals surface area contributed by atoms with Crippen molar-refractivity contribution in [3.05, 3.63) is 17.5 Å². The number of ether oxygens (including phenoxy) is 1. The van der Waals surface area contributed by atoms with Gasteiger partial charge in [0.2, 0.25) is 0 Å². The number of methoxy groups -OCH3 is 1. The average Bonchev–Trinajstić information content (AvgIpc) is 3.06. The first-order chi connectivity index (χ1) is 11.8. The molecule has 0 unspecified atom stereocenters. The number of aromatic nitrogens is 2. The van der Waals surface area contributed by atoms with E-state index in [1.807, 2.05) is 18.9 Å². The number of carbonyl (C=O) groups excluding carboxylic acids is 1. The van der Waals surface area contributed by atoms with E-state index in [-0.39, 0.29) is 31.0 Å². The van der Waals surface area contributed by atoms with Crippen molar-refractivity contribution in [2.75, 3.05) is 33.4 Å². The number of hydrogen-bond acceptors (Lipinski definition) is 4. The van der Waals surface area contributed by atoms with Gasteiger partial charge in [-0.05, 0) is 25.8 Å². The van der Waals surface area contributed by atoms with Crippen molar-refractivity contribution in [1.82, 2.24) is 19.6 Å². The second kappa shape index (κ2) is 6.99. The molecule has 0 N–H and O–H groups in total. The number of nitrogens with zero attached hydrogens (tertiary/aromatic N) is 4. The van der Waals surface area contributed by atoms with Gasteiger partial charge in [0.05, 0.1) is 13.2 Å². The Morgan fingerprint density at radius 1 is 1.40 bits per heavy atom. The summed E-state index contributed by atoms with van der Waals surface area (Å²) in [5, 5.41) is 4.24. The smallest absolute Gasteiger partial charge is 0.274 e. The Balaban J connectivity index is 1.60. The van der Waals surface area contributed by atoms with Crippen LogP contribution in [0.1, 0.15) is 35.4 Å². The highest BCUT2D eigenvalue weighted by Crippen LogP contribution is 2.35. The van der Waals surface area contributed by atoms with Gasteiger partial charge < -0.3 is 9.64 Å². The molecule has 2 aliphatic rings. The molecule has 1 aromatic heterocycles. The zero-order chi connectivity index (χ0) is 18.2. The van der Waals surface area contributed by atoms with E-state index < -0.39 is 5.92 Å². The Hall–Kier alpha value is -1.54. The maximum atomic E-state index is 13.8. The Labute approximate surface area is 146 Å². The number of carbonyl (C=O) groups is 1. The Morgan fingerprint density at radius 3 is 2.64 bits per heavy atom. The van der Waals surface area contributed by atoms with Gasteiger partial charge in [0.1, 0.15) is 0 Å². The highest BCUT2D eigenvalue weighted by molar-refractivity contribution is 5.92. The molecule has 2 fully saturated rings. The molecule has 140 valence electrons. The first-order valence-corrected chi connectivity index (χ1v) is 8.73. The largest absolute Gasteiger partial charge is 0.383 e. The minimum absolute atomic E-state index is 0.0723. The van der Waals surface area contributed by atoms with Crippen LogP contribution in [0.4, 0.5) is 8.78 Å². The number of piperidine rings is 1. The summed E-state index contributed by atoms with van der Waals surface area (Å²) in [7, 11) is 3.35. The molecule has 1 amide bonds. The monoisotopic (exact) mass is 356 g/mol. The van der Waals surface area contributed by atoms with E-state index in [1.165, 1.54) is 0 Å². The molecule has 3 rings (SSSR count). The number of rotatable bonds is 4. The Morgan fingerprint density at radius 2 is 2.08 bits per heavy atom. The van der Waals surface area contributed by atoms with E-state index in [9.17, 15) is 13.6 Å². The van der Waals surface area contributed by atoms with Crippen molar-refractivity contribution in [1.29, 1.82) is 0 Å². The fraction of sp³-hybridized carbons (Fsp3) is 0.765. The summed E-state index contributed by atoms with van der Waals surface area (Å²) >= 11 is 0. The quantitative estimate of drug-likeness (QED) is 0.824. The van der Waals surface area contributed by atoms with Crippen LogP contribution in [0, 0.1) is 6.92 Å². The van der Waals surface area contributed by atoms with Crippen molar-refractivity contribution in [2.45, 2.75) is 44.2 Å². The first-order valence-electron chi connectivity index (χ1n) is 8.73. The summed E-state index contributed by atoms with van der Waals surface area (Å²) in [5.74, 6) is -2.73. The second-order valence-electron chi connectivity index (χ2n) is 7.16. The van der Waals surface area contributed by atoms with E-state index in [4.69, 9.17) is 4.74 Å². The molecule has 2 aliphatic heterocycles. The van der Waals surface area contributed by atoms with E-state index in [1.54, 1.807) is 22.8 Å². The number of likely N-dealkylation sites (tertiary alicyclic amines) is 2. The number of halogens is 2. The Kier molecular flexibility index (Phi) is 5.11. The number of alkyl halides is 2. The lowest BCUT2D eigenvalue weighted by molar-refractivity contribution is 0.00282. The van der Waals surface area contributed by atoms with E-state index in [2.05, 4.69) is 5.10 Å². The van der Waals surface area contributed by atoms with E-state index >= 15 is 0 Å². The first kappa shape index (κ1) is 18.3. The van der Waals surface area contributed by atoms with Gasteiger partial charge in [0.25, 0.3) is 11.8 Å². The molecule has 2 saturated heterocycles. The summed E-state index contributed by atoms with van der Waals surface area (Å²) in [6.45, 7) is 3.16. The van der Waals surface area contributed by atoms with Crippen LogP contribution in [0.3, 0.4) is 0 Å². The van der Waals surface area contributed by atoms with Crippen LogP contribution in [0.5, 0.6) is 0 Å². The van der Waals surface area contributed by atoms with E-state index in [0.717, 1.165) is 5.69 Å². The number of hydrogen-bond donors (Lipinski definition) is 0. The van der Waals surface area contributed by atoms with Gasteiger partial charge in [0, 0.05) is 51.4 Å². The predicted octanol–water partition coefficient (Wildman–Crippen LogP) is 1.69. The second-order valence-corrected chi connectivity index (χ2v) is 7.16. The molecule has 0 aliphatic carbocycles. The maximum Gasteiger partial charge on any atom is 0.274 e. The van der Waals surface area contributed by atoms with Crippen molar-refractivity contribution in [3.63, 3.8) is 0 Å². The maximum absolute atomic E-state index is 13.8. The summed E-state index contributed by atoms with van der Waals surface area (Å²) in [6.07, 6.45) is 1.26. The number of aryl methyl sites for hydroxylation is 2. The lowest BCUT2D eigenvalue weighted by atomic mass is 10.0. The van der Waals surface area contributed by atoms with Crippen LogP contribution in [0.2, 0.25) is 0 Å². The van der Waals surface area contributed by atoms with Gasteiger partial charge in [0.15, 0.2) is 5.69 Å². The normalized spacial score (nSPS) is 24.8. The zero-order valence-corrected chi connectivity index (χ0v) is 15.0. The van der Waals surface area contributed by atoms with Gasteiger partial charge in [-0.1, -0.05) is 0 Å². The molecule has 0 radical (unpaired) electrons. The molecular weight excluding hydrogens is 330 g/mol. The number of amides is 1. The zero-order valence-electron chi connectivity index (χ0n) is 15.0. The van der Waals surface area contributed by atoms with Crippen molar-refractivity contribution < 1.29 is 18.3 Å². The molecule has 0 saturated carbocycles. The molecule has 25 heavy (non-hydrogen) atoms. The summed E-state index contributed by atoms with van der Waals surface area (Å²) < 4.78 is 34.4. The summed E-state index contributed by atoms with van der Waals surface area (Å²) in [5.41, 5.74) is 1.38. The lowest BCUT2D eigenvalue weighted by Gasteiger charge is -2.38. The molecular formula is C17H26F2N4O2. The minimum atomic E-state index is -2.65. The minimum Gasteiger partial charge on any atom is -0.383 e. The van der Waals surface area contributed by atoms with Crippen LogP contribution in [-0.2, 0) is 11.8 Å². The molecule has 0 bridgehead atoms. The lowest BCUT2D eigenvalue weighted by Crippen LogP contribution is -2.49. The standard InChI is InChI=1S/C17H26F2N4O2/c1-12-8-15(20-21(12)2)16(24)22-6-4-13(5-7-22)23-11-17(18,19)9-14(23)10-25-3/h8,13-14H,4-7,9-11H2,1-3H3/t14-/m0/s1. The van der Waals surface area contributed by atoms with Gasteiger partial charge in [-0.3, -0.25) is 14.4 Å². The fourth-order valence-corrected chi connectivity index (χ4v) is 3.92. The summed E-state index contributed by atoms with van der Waals surface area (Å²) in [4.78, 5) is 16.2. The van der Waals surface area contributed by atoms with Gasteiger partial charge in [-0.25, -0.2) is 8.78 Å². The predicted molar refractivity (Wildman–Crippen MR) is 88.8 cm³/mol. The molecule has 0 spiro atoms. The molecule has 1 atom stereocenters. The van der Waals surface area contributed by atoms with Crippen molar-refractivity contribution >= 4 is 5.91 Å². The molecule has 1 aromatic rings. The van der Waals surface area contributed by atoms with Crippen molar-refractivity contribution in [3.8, 4) is 0 Å². The van der Waals surface area contributed by atoms with Crippen LogP contribution in [0.25, 0.3) is 0 Å². The van der Waals surface area contributed by atoms with Gasteiger partial charge in [-0.15, -0.1) is 0 Å². The Bertz CT molecular complexity index is 607. The molecule has 0 aromatic carbocycles. The highest BCUT2D eigenvalue weighted by Gasteiger charge is 2.47. The van der Waals surface area contributed by atoms with Gasteiger partial charge in [-0.2, -0.15) is 5.10 Å². The molecule has 6 nitrogen and oxygen atoms in total. The van der Waals surface area contributed by atoms with Gasteiger partial charge >= 0.3 is 0 Å². The third kappa shape index (κ3) is 3.84.